The summed E-state index contributed by atoms with van der Waals surface area (Å²) in [7, 11) is -4.10. The Labute approximate surface area is 151 Å². The van der Waals surface area contributed by atoms with Gasteiger partial charge in [-0.05, 0) is 36.6 Å². The number of nitrogens with zero attached hydrogens (tertiary/aromatic N) is 2. The van der Waals surface area contributed by atoms with Crippen LogP contribution in [0.25, 0.3) is 0 Å². The predicted octanol–water partition coefficient (Wildman–Crippen LogP) is 4.04. The number of benzene rings is 2. The summed E-state index contributed by atoms with van der Waals surface area (Å²) in [6.07, 6.45) is 2.87. The molecule has 0 radical (unpaired) electrons. The first-order valence-electron chi connectivity index (χ1n) is 8.42. The normalized spacial score (nSPS) is 19.0. The van der Waals surface area contributed by atoms with Crippen LogP contribution in [0.4, 0.5) is 10.1 Å². The van der Waals surface area contributed by atoms with Crippen molar-refractivity contribution in [3.63, 3.8) is 0 Å². The molecule has 0 bridgehead atoms. The lowest BCUT2D eigenvalue weighted by Gasteiger charge is -2.29. The standard InChI is InChI=1S/C18H19FN2O4S/c19-15-8-6-7-14(13-15)16-9-2-1-5-12-20(16)26(24,25)18-11-4-3-10-17(18)21(22)23/h3-4,6-8,10-11,13,16H,1-2,5,9,12H2/t16-/m0/s1. The highest BCUT2D eigenvalue weighted by Gasteiger charge is 2.37. The quantitative estimate of drug-likeness (QED) is 0.594. The molecule has 2 aromatic carbocycles. The Morgan fingerprint density at radius 1 is 1.08 bits per heavy atom. The van der Waals surface area contributed by atoms with Crippen molar-refractivity contribution in [2.75, 3.05) is 6.54 Å². The Morgan fingerprint density at radius 2 is 1.85 bits per heavy atom. The van der Waals surface area contributed by atoms with Crippen molar-refractivity contribution in [3.05, 3.63) is 70.0 Å². The molecule has 6 nitrogen and oxygen atoms in total. The van der Waals surface area contributed by atoms with Gasteiger partial charge in [0.2, 0.25) is 10.0 Å². The molecule has 1 heterocycles. The summed E-state index contributed by atoms with van der Waals surface area (Å²) in [5, 5.41) is 11.3. The maximum absolute atomic E-state index is 13.7. The predicted molar refractivity (Wildman–Crippen MR) is 94.6 cm³/mol. The van der Waals surface area contributed by atoms with Crippen molar-refractivity contribution in [1.82, 2.24) is 4.31 Å². The summed E-state index contributed by atoms with van der Waals surface area (Å²) in [5.74, 6) is -0.435. The lowest BCUT2D eigenvalue weighted by molar-refractivity contribution is -0.387. The van der Waals surface area contributed by atoms with Crippen LogP contribution >= 0.6 is 0 Å². The molecule has 0 aliphatic carbocycles. The number of hydrogen-bond donors (Lipinski definition) is 0. The van der Waals surface area contributed by atoms with Gasteiger partial charge in [0, 0.05) is 12.6 Å². The average Bonchev–Trinajstić information content (AvgIpc) is 2.88. The molecule has 1 fully saturated rings. The fourth-order valence-electron chi connectivity index (χ4n) is 3.37. The SMILES string of the molecule is O=[N+]([O-])c1ccccc1S(=O)(=O)N1CCCCC[C@H]1c1cccc(F)c1. The van der Waals surface area contributed by atoms with Gasteiger partial charge in [0.1, 0.15) is 5.82 Å². The summed E-state index contributed by atoms with van der Waals surface area (Å²) in [5.41, 5.74) is 0.115. The minimum Gasteiger partial charge on any atom is -0.258 e. The summed E-state index contributed by atoms with van der Waals surface area (Å²) in [6.45, 7) is 0.246. The van der Waals surface area contributed by atoms with E-state index in [1.165, 1.54) is 40.7 Å². The second-order valence-corrected chi connectivity index (χ2v) is 8.12. The van der Waals surface area contributed by atoms with E-state index in [4.69, 9.17) is 0 Å². The van der Waals surface area contributed by atoms with Crippen LogP contribution in [0.15, 0.2) is 53.4 Å². The smallest absolute Gasteiger partial charge is 0.258 e. The Balaban J connectivity index is 2.10. The van der Waals surface area contributed by atoms with E-state index in [1.54, 1.807) is 12.1 Å². The Hall–Kier alpha value is -2.32. The van der Waals surface area contributed by atoms with E-state index in [1.807, 2.05) is 0 Å². The van der Waals surface area contributed by atoms with Gasteiger partial charge in [0.05, 0.1) is 11.0 Å². The van der Waals surface area contributed by atoms with Crippen LogP contribution < -0.4 is 0 Å². The highest BCUT2D eigenvalue weighted by molar-refractivity contribution is 7.89. The molecule has 1 atom stereocenters. The fourth-order valence-corrected chi connectivity index (χ4v) is 5.21. The Kier molecular flexibility index (Phi) is 5.33. The van der Waals surface area contributed by atoms with E-state index in [-0.39, 0.29) is 11.4 Å². The number of para-hydroxylation sites is 1. The van der Waals surface area contributed by atoms with Crippen LogP contribution in [0.1, 0.15) is 37.3 Å². The number of nitro benzene ring substituents is 1. The van der Waals surface area contributed by atoms with Crippen molar-refractivity contribution in [1.29, 1.82) is 0 Å². The molecule has 1 saturated heterocycles. The summed E-state index contributed by atoms with van der Waals surface area (Å²) < 4.78 is 41.5. The van der Waals surface area contributed by atoms with Crippen molar-refractivity contribution in [2.45, 2.75) is 36.6 Å². The highest BCUT2D eigenvalue weighted by Crippen LogP contribution is 2.37. The molecular weight excluding hydrogens is 359 g/mol. The molecule has 0 spiro atoms. The molecule has 1 aliphatic rings. The van der Waals surface area contributed by atoms with Gasteiger partial charge in [-0.25, -0.2) is 12.8 Å². The first-order valence-corrected chi connectivity index (χ1v) is 9.86. The third-order valence-corrected chi connectivity index (χ3v) is 6.54. The number of hydrogen-bond acceptors (Lipinski definition) is 4. The van der Waals surface area contributed by atoms with Crippen molar-refractivity contribution in [2.24, 2.45) is 0 Å². The maximum Gasteiger partial charge on any atom is 0.289 e. The molecule has 1 aliphatic heterocycles. The van der Waals surface area contributed by atoms with E-state index in [0.29, 0.717) is 18.4 Å². The fraction of sp³-hybridized carbons (Fsp3) is 0.333. The molecule has 3 rings (SSSR count). The van der Waals surface area contributed by atoms with Gasteiger partial charge >= 0.3 is 0 Å². The zero-order valence-corrected chi connectivity index (χ0v) is 14.9. The van der Waals surface area contributed by atoms with Gasteiger partial charge in [-0.3, -0.25) is 10.1 Å². The van der Waals surface area contributed by atoms with Gasteiger partial charge in [0.15, 0.2) is 4.90 Å². The monoisotopic (exact) mass is 378 g/mol. The molecule has 0 unspecified atom stereocenters. The lowest BCUT2D eigenvalue weighted by atomic mass is 10.0. The second kappa shape index (κ2) is 7.51. The van der Waals surface area contributed by atoms with Crippen molar-refractivity contribution >= 4 is 15.7 Å². The van der Waals surface area contributed by atoms with Gasteiger partial charge in [-0.1, -0.05) is 37.1 Å². The largest absolute Gasteiger partial charge is 0.289 e. The molecule has 8 heteroatoms. The Morgan fingerprint density at radius 3 is 2.58 bits per heavy atom. The first-order chi connectivity index (χ1) is 12.4. The van der Waals surface area contributed by atoms with E-state index in [0.717, 1.165) is 12.8 Å². The molecule has 0 aromatic heterocycles. The second-order valence-electron chi connectivity index (χ2n) is 6.26. The van der Waals surface area contributed by atoms with Gasteiger partial charge in [-0.15, -0.1) is 0 Å². The van der Waals surface area contributed by atoms with Gasteiger partial charge < -0.3 is 0 Å². The van der Waals surface area contributed by atoms with Crippen LogP contribution in [-0.4, -0.2) is 24.2 Å². The molecular formula is C18H19FN2O4S. The Bertz CT molecular complexity index is 917. The highest BCUT2D eigenvalue weighted by atomic mass is 32.2. The van der Waals surface area contributed by atoms with Crippen molar-refractivity contribution in [3.8, 4) is 0 Å². The van der Waals surface area contributed by atoms with E-state index in [2.05, 4.69) is 0 Å². The van der Waals surface area contributed by atoms with Crippen LogP contribution in [0.2, 0.25) is 0 Å². The topological polar surface area (TPSA) is 80.5 Å². The minimum atomic E-state index is -4.10. The number of sulfonamides is 1. The van der Waals surface area contributed by atoms with Gasteiger partial charge in [0.25, 0.3) is 5.69 Å². The summed E-state index contributed by atoms with van der Waals surface area (Å²) >= 11 is 0. The number of rotatable bonds is 4. The van der Waals surface area contributed by atoms with E-state index in [9.17, 15) is 22.9 Å². The molecule has 138 valence electrons. The molecule has 0 saturated carbocycles. The lowest BCUT2D eigenvalue weighted by Crippen LogP contribution is -2.35. The first kappa shape index (κ1) is 18.5. The molecule has 2 aromatic rings. The molecule has 26 heavy (non-hydrogen) atoms. The summed E-state index contributed by atoms with van der Waals surface area (Å²) in [4.78, 5) is 10.3. The molecule has 0 N–H and O–H groups in total. The minimum absolute atomic E-state index is 0.246. The average molecular weight is 378 g/mol. The maximum atomic E-state index is 13.7. The van der Waals surface area contributed by atoms with Crippen LogP contribution in [0.3, 0.4) is 0 Å². The third kappa shape index (κ3) is 3.61. The molecule has 0 amide bonds. The van der Waals surface area contributed by atoms with Crippen molar-refractivity contribution < 1.29 is 17.7 Å². The van der Waals surface area contributed by atoms with Crippen LogP contribution in [0.5, 0.6) is 0 Å². The zero-order valence-electron chi connectivity index (χ0n) is 14.0. The number of nitro groups is 1. The number of halogens is 1. The van der Waals surface area contributed by atoms with Crippen LogP contribution in [-0.2, 0) is 10.0 Å². The van der Waals surface area contributed by atoms with Gasteiger partial charge in [-0.2, -0.15) is 4.31 Å². The van der Waals surface area contributed by atoms with Crippen LogP contribution in [0, 0.1) is 15.9 Å². The van der Waals surface area contributed by atoms with E-state index >= 15 is 0 Å². The zero-order chi connectivity index (χ0) is 18.7. The third-order valence-electron chi connectivity index (χ3n) is 4.59. The van der Waals surface area contributed by atoms with E-state index < -0.39 is 32.5 Å². The summed E-state index contributed by atoms with van der Waals surface area (Å²) in [6, 6.07) is 10.7.